The Morgan fingerprint density at radius 2 is 2.15 bits per heavy atom. The lowest BCUT2D eigenvalue weighted by Gasteiger charge is -2.45. The molecule has 2 heterocycles. The van der Waals surface area contributed by atoms with Crippen molar-refractivity contribution in [3.05, 3.63) is 35.9 Å². The van der Waals surface area contributed by atoms with Gasteiger partial charge in [-0.15, -0.1) is 6.42 Å². The van der Waals surface area contributed by atoms with E-state index in [0.717, 1.165) is 5.56 Å². The van der Waals surface area contributed by atoms with E-state index in [1.54, 1.807) is 0 Å². The predicted molar refractivity (Wildman–Crippen MR) is 90.7 cm³/mol. The fourth-order valence-electron chi connectivity index (χ4n) is 3.45. The van der Waals surface area contributed by atoms with E-state index in [2.05, 4.69) is 5.92 Å². The van der Waals surface area contributed by atoms with E-state index in [1.165, 1.54) is 11.8 Å². The van der Waals surface area contributed by atoms with E-state index in [4.69, 9.17) is 20.6 Å². The summed E-state index contributed by atoms with van der Waals surface area (Å²) in [5, 5.41) is 19.4. The Bertz CT molecular complexity index is 814. The maximum absolute atomic E-state index is 12.6. The van der Waals surface area contributed by atoms with Gasteiger partial charge in [-0.2, -0.15) is 5.26 Å². The Hall–Kier alpha value is -3.07. The second kappa shape index (κ2) is 7.28. The second-order valence-corrected chi connectivity index (χ2v) is 6.35. The van der Waals surface area contributed by atoms with Gasteiger partial charge in [-0.05, 0) is 5.56 Å². The molecular formula is C19H18N2O6. The number of nitriles is 1. The summed E-state index contributed by atoms with van der Waals surface area (Å²) < 4.78 is 16.3. The van der Waals surface area contributed by atoms with Crippen molar-refractivity contribution in [2.75, 3.05) is 6.61 Å². The Balaban J connectivity index is 2.04. The monoisotopic (exact) mass is 370 g/mol. The molecule has 0 bridgehead atoms. The standard InChI is InChI=1S/C19H18N2O6/c1-3-14-16(25-12(2)23)15-17(19(10-20,11-22)27-14)26-18(24)21(15)9-13-7-5-4-6-8-13/h1,4-8,14-17,22H,9,11H2,2H3/t14-,15-,16+,17-,19+/m1/s1. The molecule has 140 valence electrons. The number of ether oxygens (including phenoxy) is 3. The number of benzene rings is 1. The molecule has 27 heavy (non-hydrogen) atoms. The highest BCUT2D eigenvalue weighted by Crippen LogP contribution is 2.40. The Morgan fingerprint density at radius 1 is 1.44 bits per heavy atom. The molecule has 0 unspecified atom stereocenters. The number of aliphatic hydroxyl groups excluding tert-OH is 1. The molecule has 2 aliphatic heterocycles. The maximum atomic E-state index is 12.6. The molecule has 1 N–H and O–H groups in total. The lowest BCUT2D eigenvalue weighted by molar-refractivity contribution is -0.213. The summed E-state index contributed by atoms with van der Waals surface area (Å²) in [6, 6.07) is 10.1. The summed E-state index contributed by atoms with van der Waals surface area (Å²) >= 11 is 0. The van der Waals surface area contributed by atoms with Gasteiger partial charge >= 0.3 is 12.1 Å². The first kappa shape index (κ1) is 18.7. The highest BCUT2D eigenvalue weighted by molar-refractivity contribution is 5.72. The highest BCUT2D eigenvalue weighted by atomic mass is 16.6. The fourth-order valence-corrected chi connectivity index (χ4v) is 3.45. The van der Waals surface area contributed by atoms with Crippen LogP contribution in [0.15, 0.2) is 30.3 Å². The Morgan fingerprint density at radius 3 is 2.70 bits per heavy atom. The molecule has 0 aliphatic carbocycles. The lowest BCUT2D eigenvalue weighted by atomic mass is 9.84. The Labute approximate surface area is 156 Å². The first-order chi connectivity index (χ1) is 13.0. The van der Waals surface area contributed by atoms with Crippen LogP contribution in [0, 0.1) is 23.7 Å². The average molecular weight is 370 g/mol. The number of terminal acetylenes is 1. The van der Waals surface area contributed by atoms with Gasteiger partial charge in [0, 0.05) is 13.5 Å². The molecule has 8 nitrogen and oxygen atoms in total. The molecule has 0 aromatic heterocycles. The zero-order chi connectivity index (χ0) is 19.6. The van der Waals surface area contributed by atoms with Crippen LogP contribution in [0.3, 0.4) is 0 Å². The van der Waals surface area contributed by atoms with Gasteiger partial charge in [0.25, 0.3) is 0 Å². The minimum Gasteiger partial charge on any atom is -0.456 e. The smallest absolute Gasteiger partial charge is 0.411 e. The summed E-state index contributed by atoms with van der Waals surface area (Å²) in [5.41, 5.74) is -1.04. The van der Waals surface area contributed by atoms with E-state index in [9.17, 15) is 20.0 Å². The molecule has 8 heteroatoms. The molecule has 2 aliphatic rings. The van der Waals surface area contributed by atoms with E-state index in [-0.39, 0.29) is 6.54 Å². The van der Waals surface area contributed by atoms with Crippen LogP contribution >= 0.6 is 0 Å². The third-order valence-electron chi connectivity index (χ3n) is 4.65. The number of carbonyl (C=O) groups is 2. The van der Waals surface area contributed by atoms with E-state index in [0.29, 0.717) is 0 Å². The minimum absolute atomic E-state index is 0.156. The quantitative estimate of drug-likeness (QED) is 0.610. The molecule has 1 amide bonds. The van der Waals surface area contributed by atoms with Crippen molar-refractivity contribution < 1.29 is 28.9 Å². The van der Waals surface area contributed by atoms with Gasteiger partial charge in [0.1, 0.15) is 12.1 Å². The van der Waals surface area contributed by atoms with Crippen molar-refractivity contribution in [1.29, 1.82) is 5.26 Å². The number of hydrogen-bond acceptors (Lipinski definition) is 7. The zero-order valence-electron chi connectivity index (χ0n) is 14.6. The largest absolute Gasteiger partial charge is 0.456 e. The molecule has 0 spiro atoms. The summed E-state index contributed by atoms with van der Waals surface area (Å²) in [4.78, 5) is 25.5. The van der Waals surface area contributed by atoms with Gasteiger partial charge in [-0.3, -0.25) is 9.69 Å². The van der Waals surface area contributed by atoms with Crippen LogP contribution in [-0.2, 0) is 25.5 Å². The van der Waals surface area contributed by atoms with Gasteiger partial charge in [0.15, 0.2) is 18.3 Å². The summed E-state index contributed by atoms with van der Waals surface area (Å²) in [6.45, 7) is 0.630. The van der Waals surface area contributed by atoms with Crippen molar-refractivity contribution in [3.63, 3.8) is 0 Å². The van der Waals surface area contributed by atoms with E-state index < -0.39 is 48.6 Å². The van der Waals surface area contributed by atoms with E-state index in [1.807, 2.05) is 36.4 Å². The third-order valence-corrected chi connectivity index (χ3v) is 4.65. The van der Waals surface area contributed by atoms with Crippen LogP contribution in [0.5, 0.6) is 0 Å². The van der Waals surface area contributed by atoms with Crippen LogP contribution in [0.1, 0.15) is 12.5 Å². The van der Waals surface area contributed by atoms with Crippen LogP contribution in [-0.4, -0.2) is 58.6 Å². The normalized spacial score (nSPS) is 32.0. The average Bonchev–Trinajstić information content (AvgIpc) is 3.00. The van der Waals surface area contributed by atoms with Crippen LogP contribution in [0.2, 0.25) is 0 Å². The highest BCUT2D eigenvalue weighted by Gasteiger charge is 2.64. The molecule has 2 fully saturated rings. The van der Waals surface area contributed by atoms with Crippen molar-refractivity contribution >= 4 is 12.1 Å². The maximum Gasteiger partial charge on any atom is 0.411 e. The molecule has 3 rings (SSSR count). The predicted octanol–water partition coefficient (Wildman–Crippen LogP) is 0.594. The SMILES string of the molecule is C#C[C@H]1O[C@@](C#N)(CO)[C@@H]2OC(=O)N(Cc3ccccc3)[C@@H]2[C@H]1OC(C)=O. The summed E-state index contributed by atoms with van der Waals surface area (Å²) in [7, 11) is 0. The van der Waals surface area contributed by atoms with Gasteiger partial charge < -0.3 is 19.3 Å². The molecule has 2 saturated heterocycles. The molecule has 1 aromatic carbocycles. The number of nitrogens with zero attached hydrogens (tertiary/aromatic N) is 2. The number of aliphatic hydroxyl groups is 1. The molecule has 5 atom stereocenters. The van der Waals surface area contributed by atoms with Gasteiger partial charge in [-0.1, -0.05) is 36.3 Å². The van der Waals surface area contributed by atoms with Gasteiger partial charge in [-0.25, -0.2) is 4.79 Å². The van der Waals surface area contributed by atoms with Crippen LogP contribution < -0.4 is 0 Å². The van der Waals surface area contributed by atoms with Crippen LogP contribution in [0.25, 0.3) is 0 Å². The lowest BCUT2D eigenvalue weighted by Crippen LogP contribution is -2.67. The third kappa shape index (κ3) is 3.21. The second-order valence-electron chi connectivity index (χ2n) is 6.35. The van der Waals surface area contributed by atoms with Crippen LogP contribution in [0.4, 0.5) is 4.79 Å². The molecule has 0 radical (unpaired) electrons. The summed E-state index contributed by atoms with van der Waals surface area (Å²) in [6.07, 6.45) is 1.47. The molecular weight excluding hydrogens is 352 g/mol. The fraction of sp³-hybridized carbons (Fsp3) is 0.421. The number of esters is 1. The summed E-state index contributed by atoms with van der Waals surface area (Å²) in [5.74, 6) is 1.72. The first-order valence-electron chi connectivity index (χ1n) is 8.30. The van der Waals surface area contributed by atoms with Gasteiger partial charge in [0.05, 0.1) is 6.61 Å². The minimum atomic E-state index is -1.85. The van der Waals surface area contributed by atoms with Crippen molar-refractivity contribution in [1.82, 2.24) is 4.90 Å². The Kier molecular flexibility index (Phi) is 5.04. The number of hydrogen-bond donors (Lipinski definition) is 1. The number of fused-ring (bicyclic) bond motifs is 1. The number of amides is 1. The van der Waals surface area contributed by atoms with Crippen molar-refractivity contribution in [3.8, 4) is 18.4 Å². The zero-order valence-corrected chi connectivity index (χ0v) is 14.6. The number of carbonyl (C=O) groups excluding carboxylic acids is 2. The van der Waals surface area contributed by atoms with Crippen molar-refractivity contribution in [2.45, 2.75) is 43.4 Å². The van der Waals surface area contributed by atoms with Gasteiger partial charge in [0.2, 0.25) is 5.60 Å². The first-order valence-corrected chi connectivity index (χ1v) is 8.30. The topological polar surface area (TPSA) is 109 Å². The molecule has 0 saturated carbocycles. The van der Waals surface area contributed by atoms with E-state index >= 15 is 0 Å². The number of rotatable bonds is 4. The van der Waals surface area contributed by atoms with Crippen molar-refractivity contribution in [2.24, 2.45) is 0 Å². The molecule has 1 aromatic rings.